The van der Waals surface area contributed by atoms with Crippen molar-refractivity contribution < 1.29 is 28.5 Å². The lowest BCUT2D eigenvalue weighted by atomic mass is 10.1. The fourth-order valence-corrected chi connectivity index (χ4v) is 4.28. The molecule has 3 heterocycles. The number of aromatic nitrogens is 3. The van der Waals surface area contributed by atoms with Crippen molar-refractivity contribution in [3.05, 3.63) is 72.1 Å². The summed E-state index contributed by atoms with van der Waals surface area (Å²) in [6.07, 6.45) is 1.66. The molecule has 1 aliphatic heterocycles. The highest BCUT2D eigenvalue weighted by Gasteiger charge is 2.17. The zero-order valence-electron chi connectivity index (χ0n) is 21.8. The van der Waals surface area contributed by atoms with E-state index >= 15 is 0 Å². The van der Waals surface area contributed by atoms with Crippen LogP contribution in [0.4, 0.5) is 5.69 Å². The van der Waals surface area contributed by atoms with Gasteiger partial charge >= 0.3 is 5.97 Å². The first-order valence-corrected chi connectivity index (χ1v) is 12.5. The first-order chi connectivity index (χ1) is 19.1. The zero-order valence-corrected chi connectivity index (χ0v) is 21.8. The molecule has 4 aromatic rings. The summed E-state index contributed by atoms with van der Waals surface area (Å²) < 4.78 is 23.1. The topological polar surface area (TPSA) is 117 Å². The molecule has 1 N–H and O–H groups in total. The molecule has 11 nitrogen and oxygen atoms in total. The average Bonchev–Trinajstić information content (AvgIpc) is 3.43. The van der Waals surface area contributed by atoms with Crippen molar-refractivity contribution >= 4 is 23.2 Å². The van der Waals surface area contributed by atoms with E-state index in [1.807, 2.05) is 18.2 Å². The lowest BCUT2D eigenvalue weighted by Gasteiger charge is -2.26. The van der Waals surface area contributed by atoms with Gasteiger partial charge in [0.25, 0.3) is 5.91 Å². The molecule has 39 heavy (non-hydrogen) atoms. The summed E-state index contributed by atoms with van der Waals surface area (Å²) in [4.78, 5) is 31.9. The Morgan fingerprint density at radius 1 is 0.974 bits per heavy atom. The fraction of sp³-hybridized carbons (Fsp3) is 0.286. The molecule has 2 aromatic heterocycles. The number of carbonyl (C=O) groups is 2. The third-order valence-corrected chi connectivity index (χ3v) is 6.39. The van der Waals surface area contributed by atoms with Gasteiger partial charge in [-0.25, -0.2) is 14.3 Å². The van der Waals surface area contributed by atoms with Crippen molar-refractivity contribution in [2.45, 2.75) is 0 Å². The van der Waals surface area contributed by atoms with Gasteiger partial charge in [0, 0.05) is 43.1 Å². The van der Waals surface area contributed by atoms with E-state index in [2.05, 4.69) is 20.3 Å². The number of fused-ring (bicyclic) bond motifs is 1. The third kappa shape index (κ3) is 6.00. The monoisotopic (exact) mass is 531 g/mol. The van der Waals surface area contributed by atoms with Crippen LogP contribution in [0.5, 0.6) is 11.5 Å². The van der Waals surface area contributed by atoms with E-state index in [-0.39, 0.29) is 5.69 Å². The number of nitrogens with one attached hydrogen (secondary N) is 1. The minimum absolute atomic E-state index is 0.196. The normalized spacial score (nSPS) is 13.7. The number of benzene rings is 2. The molecule has 0 unspecified atom stereocenters. The Bertz CT molecular complexity index is 1460. The molecule has 1 amide bonds. The van der Waals surface area contributed by atoms with E-state index in [9.17, 15) is 9.59 Å². The van der Waals surface area contributed by atoms with Crippen LogP contribution in [0.1, 0.15) is 20.8 Å². The standard InChI is InChI=1S/C28H29N5O6/c1-36-24-8-5-20(17-25(24)37-2)23-9-10-29-26-18-22(31-33(23)26)27(34)30-21-6-3-19(4-7-21)28(35)39-16-13-32-11-14-38-15-12-32/h3-10,17-18H,11-16H2,1-2H3,(H,30,34). The zero-order chi connectivity index (χ0) is 27.2. The smallest absolute Gasteiger partial charge is 0.338 e. The van der Waals surface area contributed by atoms with Crippen molar-refractivity contribution in [3.8, 4) is 22.8 Å². The number of hydrogen-bond donors (Lipinski definition) is 1. The van der Waals surface area contributed by atoms with Gasteiger partial charge in [-0.3, -0.25) is 9.69 Å². The number of carbonyl (C=O) groups excluding carboxylic acids is 2. The van der Waals surface area contributed by atoms with Gasteiger partial charge in [-0.2, -0.15) is 5.10 Å². The van der Waals surface area contributed by atoms with Gasteiger partial charge in [0.1, 0.15) is 6.61 Å². The summed E-state index contributed by atoms with van der Waals surface area (Å²) in [7, 11) is 3.15. The molecule has 2 aromatic carbocycles. The van der Waals surface area contributed by atoms with Crippen molar-refractivity contribution in [2.24, 2.45) is 0 Å². The van der Waals surface area contributed by atoms with Gasteiger partial charge in [-0.05, 0) is 48.5 Å². The summed E-state index contributed by atoms with van der Waals surface area (Å²) in [5.74, 6) is 0.378. The van der Waals surface area contributed by atoms with Gasteiger partial charge < -0.3 is 24.3 Å². The Labute approximate surface area is 225 Å². The van der Waals surface area contributed by atoms with E-state index in [0.717, 1.165) is 24.3 Å². The molecule has 0 aliphatic carbocycles. The van der Waals surface area contributed by atoms with Crippen LogP contribution in [-0.4, -0.2) is 85.0 Å². The van der Waals surface area contributed by atoms with Crippen LogP contribution in [0, 0.1) is 0 Å². The Morgan fingerprint density at radius 3 is 2.49 bits per heavy atom. The maximum absolute atomic E-state index is 13.0. The molecule has 1 saturated heterocycles. The highest BCUT2D eigenvalue weighted by molar-refractivity contribution is 6.03. The second-order valence-corrected chi connectivity index (χ2v) is 8.82. The number of esters is 1. The van der Waals surface area contributed by atoms with Gasteiger partial charge in [-0.1, -0.05) is 0 Å². The number of hydrogen-bond acceptors (Lipinski definition) is 9. The van der Waals surface area contributed by atoms with E-state index in [0.29, 0.717) is 54.8 Å². The molecule has 11 heteroatoms. The Balaban J connectivity index is 1.24. The highest BCUT2D eigenvalue weighted by Crippen LogP contribution is 2.32. The summed E-state index contributed by atoms with van der Waals surface area (Å²) in [6, 6.07) is 15.5. The molecular formula is C28H29N5O6. The lowest BCUT2D eigenvalue weighted by Crippen LogP contribution is -2.38. The number of rotatable bonds is 9. The molecule has 0 radical (unpaired) electrons. The van der Waals surface area contributed by atoms with Crippen LogP contribution in [0.3, 0.4) is 0 Å². The average molecular weight is 532 g/mol. The largest absolute Gasteiger partial charge is 0.493 e. The van der Waals surface area contributed by atoms with Gasteiger partial charge in [0.2, 0.25) is 0 Å². The second-order valence-electron chi connectivity index (χ2n) is 8.82. The van der Waals surface area contributed by atoms with E-state index in [1.165, 1.54) is 0 Å². The van der Waals surface area contributed by atoms with Crippen LogP contribution in [-0.2, 0) is 9.47 Å². The minimum Gasteiger partial charge on any atom is -0.493 e. The van der Waals surface area contributed by atoms with E-state index in [1.54, 1.807) is 61.3 Å². The number of morpholine rings is 1. The van der Waals surface area contributed by atoms with Crippen molar-refractivity contribution in [2.75, 3.05) is 59.0 Å². The van der Waals surface area contributed by atoms with Crippen molar-refractivity contribution in [1.29, 1.82) is 0 Å². The molecule has 0 atom stereocenters. The highest BCUT2D eigenvalue weighted by atomic mass is 16.5. The third-order valence-electron chi connectivity index (χ3n) is 6.39. The number of ether oxygens (including phenoxy) is 4. The number of anilines is 1. The summed E-state index contributed by atoms with van der Waals surface area (Å²) in [5.41, 5.74) is 3.20. The van der Waals surface area contributed by atoms with E-state index in [4.69, 9.17) is 18.9 Å². The van der Waals surface area contributed by atoms with Crippen LogP contribution in [0.25, 0.3) is 16.9 Å². The minimum atomic E-state index is -0.407. The Morgan fingerprint density at radius 2 is 1.74 bits per heavy atom. The Kier molecular flexibility index (Phi) is 7.99. The van der Waals surface area contributed by atoms with Gasteiger partial charge in [0.05, 0.1) is 38.7 Å². The first-order valence-electron chi connectivity index (χ1n) is 12.5. The predicted molar refractivity (Wildman–Crippen MR) is 143 cm³/mol. The molecule has 1 fully saturated rings. The van der Waals surface area contributed by atoms with Crippen LogP contribution >= 0.6 is 0 Å². The van der Waals surface area contributed by atoms with Crippen LogP contribution in [0.2, 0.25) is 0 Å². The maximum Gasteiger partial charge on any atom is 0.338 e. The van der Waals surface area contributed by atoms with Crippen molar-refractivity contribution in [1.82, 2.24) is 19.5 Å². The molecule has 1 aliphatic rings. The molecule has 202 valence electrons. The summed E-state index contributed by atoms with van der Waals surface area (Å²) in [5, 5.41) is 7.30. The Hall–Kier alpha value is -4.48. The number of amides is 1. The first kappa shape index (κ1) is 26.1. The van der Waals surface area contributed by atoms with Crippen LogP contribution in [0.15, 0.2) is 60.8 Å². The predicted octanol–water partition coefficient (Wildman–Crippen LogP) is 3.15. The molecular weight excluding hydrogens is 502 g/mol. The molecule has 0 spiro atoms. The van der Waals surface area contributed by atoms with Crippen molar-refractivity contribution in [3.63, 3.8) is 0 Å². The second kappa shape index (κ2) is 11.9. The molecule has 5 rings (SSSR count). The molecule has 0 saturated carbocycles. The SMILES string of the molecule is COc1ccc(-c2ccnc3cc(C(=O)Nc4ccc(C(=O)OCCN5CCOCC5)cc4)nn23)cc1OC. The quantitative estimate of drug-likeness (QED) is 0.325. The lowest BCUT2D eigenvalue weighted by molar-refractivity contribution is 0.0195. The van der Waals surface area contributed by atoms with E-state index < -0.39 is 11.9 Å². The fourth-order valence-electron chi connectivity index (χ4n) is 4.28. The maximum atomic E-state index is 13.0. The summed E-state index contributed by atoms with van der Waals surface area (Å²) >= 11 is 0. The van der Waals surface area contributed by atoms with Crippen LogP contribution < -0.4 is 14.8 Å². The molecule has 0 bridgehead atoms. The number of nitrogens with zero attached hydrogens (tertiary/aromatic N) is 4. The van der Waals surface area contributed by atoms with Gasteiger partial charge in [-0.15, -0.1) is 0 Å². The number of methoxy groups -OCH3 is 2. The summed E-state index contributed by atoms with van der Waals surface area (Å²) in [6.45, 7) is 4.06. The van der Waals surface area contributed by atoms with Gasteiger partial charge in [0.15, 0.2) is 22.8 Å².